The van der Waals surface area contributed by atoms with Crippen molar-refractivity contribution in [1.29, 1.82) is 0 Å². The van der Waals surface area contributed by atoms with Crippen LogP contribution in [-0.2, 0) is 10.0 Å². The van der Waals surface area contributed by atoms with Gasteiger partial charge in [0, 0.05) is 18.0 Å². The van der Waals surface area contributed by atoms with Crippen molar-refractivity contribution < 1.29 is 8.42 Å². The molecule has 28 heavy (non-hydrogen) atoms. The van der Waals surface area contributed by atoms with Gasteiger partial charge in [-0.2, -0.15) is 11.3 Å². The van der Waals surface area contributed by atoms with Gasteiger partial charge in [0.15, 0.2) is 0 Å². The van der Waals surface area contributed by atoms with Crippen LogP contribution in [0.5, 0.6) is 0 Å². The van der Waals surface area contributed by atoms with E-state index in [1.165, 1.54) is 31.2 Å². The molecule has 1 aromatic heterocycles. The Balaban J connectivity index is 1.59. The first-order valence-electron chi connectivity index (χ1n) is 9.89. The molecule has 6 heteroatoms. The van der Waals surface area contributed by atoms with Crippen LogP contribution >= 0.6 is 11.3 Å². The van der Waals surface area contributed by atoms with Crippen molar-refractivity contribution in [3.8, 4) is 0 Å². The maximum Gasteiger partial charge on any atom is 0.241 e. The zero-order chi connectivity index (χ0) is 19.4. The molecule has 2 heterocycles. The highest BCUT2D eigenvalue weighted by molar-refractivity contribution is 7.89. The van der Waals surface area contributed by atoms with Crippen LogP contribution in [0.2, 0.25) is 0 Å². The highest BCUT2D eigenvalue weighted by Gasteiger charge is 2.25. The normalized spacial score (nSPS) is 17.4. The molecule has 0 spiro atoms. The fraction of sp³-hybridized carbons (Fsp3) is 0.364. The number of nitrogens with one attached hydrogen (secondary N) is 1. The lowest BCUT2D eigenvalue weighted by Crippen LogP contribution is -2.38. The molecule has 1 fully saturated rings. The van der Waals surface area contributed by atoms with Crippen molar-refractivity contribution in [2.24, 2.45) is 0 Å². The predicted octanol–water partition coefficient (Wildman–Crippen LogP) is 4.80. The largest absolute Gasteiger partial charge is 0.295 e. The average Bonchev–Trinajstić information content (AvgIpc) is 3.10. The second kappa shape index (κ2) is 8.74. The summed E-state index contributed by atoms with van der Waals surface area (Å²) in [6, 6.07) is 15.3. The van der Waals surface area contributed by atoms with Gasteiger partial charge in [0.05, 0.1) is 4.90 Å². The second-order valence-electron chi connectivity index (χ2n) is 7.35. The van der Waals surface area contributed by atoms with Gasteiger partial charge in [0.2, 0.25) is 10.0 Å². The first-order valence-corrected chi connectivity index (χ1v) is 12.3. The summed E-state index contributed by atoms with van der Waals surface area (Å²) in [5.41, 5.74) is 1.20. The Morgan fingerprint density at radius 2 is 1.71 bits per heavy atom. The molecule has 0 aliphatic carbocycles. The number of fused-ring (bicyclic) bond motifs is 1. The van der Waals surface area contributed by atoms with Crippen molar-refractivity contribution >= 4 is 32.1 Å². The van der Waals surface area contributed by atoms with Crippen LogP contribution in [0.4, 0.5) is 0 Å². The number of sulfonamides is 1. The lowest BCUT2D eigenvalue weighted by molar-refractivity contribution is 0.206. The topological polar surface area (TPSA) is 49.4 Å². The third-order valence-corrected chi connectivity index (χ3v) is 7.70. The van der Waals surface area contributed by atoms with Crippen LogP contribution in [0.1, 0.15) is 37.3 Å². The molecule has 1 N–H and O–H groups in total. The molecular weight excluding hydrogens is 388 g/mol. The molecule has 0 saturated carbocycles. The molecule has 1 atom stereocenters. The van der Waals surface area contributed by atoms with Crippen molar-refractivity contribution in [3.05, 3.63) is 64.9 Å². The molecule has 0 amide bonds. The Labute approximate surface area is 171 Å². The van der Waals surface area contributed by atoms with Crippen LogP contribution in [0.25, 0.3) is 10.8 Å². The number of hydrogen-bond donors (Lipinski definition) is 1. The maximum atomic E-state index is 13.1. The van der Waals surface area contributed by atoms with Crippen LogP contribution in [0.15, 0.2) is 64.2 Å². The van der Waals surface area contributed by atoms with E-state index in [2.05, 4.69) is 26.4 Å². The summed E-state index contributed by atoms with van der Waals surface area (Å²) in [5, 5.41) is 5.91. The van der Waals surface area contributed by atoms with Gasteiger partial charge in [0.1, 0.15) is 0 Å². The first kappa shape index (κ1) is 19.6. The minimum atomic E-state index is -3.59. The van der Waals surface area contributed by atoms with Crippen LogP contribution in [0, 0.1) is 0 Å². The van der Waals surface area contributed by atoms with Gasteiger partial charge in [0.25, 0.3) is 0 Å². The number of likely N-dealkylation sites (tertiary alicyclic amines) is 1. The summed E-state index contributed by atoms with van der Waals surface area (Å²) in [4.78, 5) is 2.80. The van der Waals surface area contributed by atoms with Gasteiger partial charge in [-0.25, -0.2) is 13.1 Å². The van der Waals surface area contributed by atoms with E-state index in [4.69, 9.17) is 0 Å². The van der Waals surface area contributed by atoms with Crippen LogP contribution in [-0.4, -0.2) is 33.0 Å². The summed E-state index contributed by atoms with van der Waals surface area (Å²) in [7, 11) is -3.59. The number of rotatable bonds is 6. The lowest BCUT2D eigenvalue weighted by Gasteiger charge is -2.30. The lowest BCUT2D eigenvalue weighted by atomic mass is 10.1. The molecule has 0 radical (unpaired) electrons. The maximum absolute atomic E-state index is 13.1. The van der Waals surface area contributed by atoms with E-state index in [0.29, 0.717) is 11.4 Å². The number of hydrogen-bond acceptors (Lipinski definition) is 4. The Hall–Kier alpha value is -1.73. The third kappa shape index (κ3) is 4.30. The molecular formula is C22H26N2O2S2. The van der Waals surface area contributed by atoms with Gasteiger partial charge >= 0.3 is 0 Å². The predicted molar refractivity (Wildman–Crippen MR) is 116 cm³/mol. The number of benzene rings is 2. The van der Waals surface area contributed by atoms with Gasteiger partial charge in [-0.1, -0.05) is 49.2 Å². The number of nitrogens with zero attached hydrogens (tertiary/aromatic N) is 1. The van der Waals surface area contributed by atoms with Gasteiger partial charge < -0.3 is 0 Å². The smallest absolute Gasteiger partial charge is 0.241 e. The van der Waals surface area contributed by atoms with E-state index < -0.39 is 10.0 Å². The first-order chi connectivity index (χ1) is 13.6. The zero-order valence-electron chi connectivity index (χ0n) is 15.9. The molecule has 1 aliphatic heterocycles. The average molecular weight is 415 g/mol. The van der Waals surface area contributed by atoms with E-state index in [1.54, 1.807) is 17.4 Å². The Kier molecular flexibility index (Phi) is 6.11. The fourth-order valence-electron chi connectivity index (χ4n) is 4.03. The minimum Gasteiger partial charge on any atom is -0.295 e. The quantitative estimate of drug-likeness (QED) is 0.630. The molecule has 1 saturated heterocycles. The van der Waals surface area contributed by atoms with E-state index >= 15 is 0 Å². The van der Waals surface area contributed by atoms with Crippen LogP contribution < -0.4 is 4.72 Å². The van der Waals surface area contributed by atoms with E-state index in [-0.39, 0.29) is 6.04 Å². The SMILES string of the molecule is O=S(=O)(NC[C@H](c1ccsc1)N1CCCCCC1)c1cccc2ccccc12. The molecule has 0 unspecified atom stereocenters. The molecule has 3 aromatic rings. The van der Waals surface area contributed by atoms with Crippen molar-refractivity contribution in [2.45, 2.75) is 36.6 Å². The van der Waals surface area contributed by atoms with E-state index in [0.717, 1.165) is 23.9 Å². The zero-order valence-corrected chi connectivity index (χ0v) is 17.5. The summed E-state index contributed by atoms with van der Waals surface area (Å²) >= 11 is 1.66. The molecule has 2 aromatic carbocycles. The Morgan fingerprint density at radius 1 is 0.964 bits per heavy atom. The molecule has 4 nitrogen and oxygen atoms in total. The van der Waals surface area contributed by atoms with Crippen molar-refractivity contribution in [2.75, 3.05) is 19.6 Å². The standard InChI is InChI=1S/C22H26N2O2S2/c25-28(26,22-11-7-9-18-8-3-4-10-20(18)22)23-16-21(19-12-15-27-17-19)24-13-5-1-2-6-14-24/h3-4,7-12,15,17,21,23H,1-2,5-6,13-14,16H2/t21-/m1/s1. The highest BCUT2D eigenvalue weighted by atomic mass is 32.2. The van der Waals surface area contributed by atoms with Gasteiger partial charge in [-0.3, -0.25) is 4.90 Å². The monoisotopic (exact) mass is 414 g/mol. The summed E-state index contributed by atoms with van der Waals surface area (Å²) < 4.78 is 29.2. The molecule has 1 aliphatic rings. The second-order valence-corrected chi connectivity index (χ2v) is 9.87. The molecule has 0 bridgehead atoms. The summed E-state index contributed by atoms with van der Waals surface area (Å²) in [6.45, 7) is 2.44. The Morgan fingerprint density at radius 3 is 2.46 bits per heavy atom. The van der Waals surface area contributed by atoms with Gasteiger partial charge in [-0.05, 0) is 59.8 Å². The Bertz CT molecular complexity index is 1000. The fourth-order valence-corrected chi connectivity index (χ4v) is 6.00. The molecule has 4 rings (SSSR count). The van der Waals surface area contributed by atoms with Gasteiger partial charge in [-0.15, -0.1) is 0 Å². The van der Waals surface area contributed by atoms with E-state index in [9.17, 15) is 8.42 Å². The van der Waals surface area contributed by atoms with E-state index in [1.807, 2.05) is 36.4 Å². The van der Waals surface area contributed by atoms with Crippen molar-refractivity contribution in [1.82, 2.24) is 9.62 Å². The molecule has 148 valence electrons. The highest BCUT2D eigenvalue weighted by Crippen LogP contribution is 2.27. The summed E-state index contributed by atoms with van der Waals surface area (Å²) in [5.74, 6) is 0. The van der Waals surface area contributed by atoms with Crippen molar-refractivity contribution in [3.63, 3.8) is 0 Å². The summed E-state index contributed by atoms with van der Waals surface area (Å²) in [6.07, 6.45) is 4.87. The van der Waals surface area contributed by atoms with Crippen LogP contribution in [0.3, 0.4) is 0 Å². The number of thiophene rings is 1. The minimum absolute atomic E-state index is 0.0779. The third-order valence-electron chi connectivity index (χ3n) is 5.52.